The van der Waals surface area contributed by atoms with Gasteiger partial charge in [0.25, 0.3) is 0 Å². The van der Waals surface area contributed by atoms with Crippen molar-refractivity contribution in [3.05, 3.63) is 18.5 Å². The van der Waals surface area contributed by atoms with Gasteiger partial charge < -0.3 is 11.1 Å². The van der Waals surface area contributed by atoms with Gasteiger partial charge in [-0.1, -0.05) is 25.7 Å². The third kappa shape index (κ3) is 2.79. The van der Waals surface area contributed by atoms with Gasteiger partial charge in [-0.25, -0.2) is 0 Å². The number of hydrogen-bond donors (Lipinski definition) is 2. The number of nitrogens with one attached hydrogen (secondary N) is 1. The molecule has 0 bridgehead atoms. The van der Waals surface area contributed by atoms with Gasteiger partial charge in [-0.05, 0) is 37.2 Å². The average molecular weight is 273 g/mol. The Hall–Kier alpha value is -1.58. The highest BCUT2D eigenvalue weighted by Crippen LogP contribution is 2.42. The van der Waals surface area contributed by atoms with Gasteiger partial charge in [0.05, 0.1) is 17.6 Å². The smallest absolute Gasteiger partial charge is 0.227 e. The van der Waals surface area contributed by atoms with E-state index in [9.17, 15) is 4.79 Å². The van der Waals surface area contributed by atoms with Crippen LogP contribution in [0.1, 0.15) is 44.9 Å². The predicted octanol–water partition coefficient (Wildman–Crippen LogP) is 3.21. The minimum Gasteiger partial charge on any atom is -0.396 e. The number of amides is 1. The highest BCUT2D eigenvalue weighted by Gasteiger charge is 2.35. The summed E-state index contributed by atoms with van der Waals surface area (Å²) >= 11 is 0. The summed E-state index contributed by atoms with van der Waals surface area (Å²) in [6.45, 7) is 0. The Bertz CT molecular complexity index is 488. The number of nitrogens with two attached hydrogens (primary N) is 1. The minimum atomic E-state index is 0.131. The van der Waals surface area contributed by atoms with Crippen LogP contribution in [0.5, 0.6) is 0 Å². The quantitative estimate of drug-likeness (QED) is 0.869. The summed E-state index contributed by atoms with van der Waals surface area (Å²) in [5, 5.41) is 2.97. The fraction of sp³-hybridized carbons (Fsp3) is 0.625. The molecule has 3 unspecified atom stereocenters. The molecule has 4 heteroatoms. The number of anilines is 2. The van der Waals surface area contributed by atoms with Crippen LogP contribution in [-0.4, -0.2) is 10.9 Å². The molecule has 3 N–H and O–H groups in total. The molecule has 1 aromatic heterocycles. The van der Waals surface area contributed by atoms with E-state index in [1.165, 1.54) is 32.1 Å². The van der Waals surface area contributed by atoms with Gasteiger partial charge in [-0.15, -0.1) is 0 Å². The molecular weight excluding hydrogens is 250 g/mol. The molecule has 108 valence electrons. The normalized spacial score (nSPS) is 29.5. The Kier molecular flexibility index (Phi) is 3.90. The Morgan fingerprint density at radius 3 is 2.80 bits per heavy atom. The van der Waals surface area contributed by atoms with E-state index in [-0.39, 0.29) is 11.8 Å². The summed E-state index contributed by atoms with van der Waals surface area (Å²) in [5.74, 6) is 1.93. The minimum absolute atomic E-state index is 0.131. The molecule has 2 fully saturated rings. The van der Waals surface area contributed by atoms with Crippen LogP contribution in [0.4, 0.5) is 11.4 Å². The van der Waals surface area contributed by atoms with Crippen LogP contribution in [0.25, 0.3) is 0 Å². The van der Waals surface area contributed by atoms with Gasteiger partial charge >= 0.3 is 0 Å². The fourth-order valence-electron chi connectivity index (χ4n) is 3.87. The lowest BCUT2D eigenvalue weighted by molar-refractivity contribution is -0.122. The van der Waals surface area contributed by atoms with Crippen molar-refractivity contribution in [3.8, 4) is 0 Å². The lowest BCUT2D eigenvalue weighted by Crippen LogP contribution is -2.34. The maximum Gasteiger partial charge on any atom is 0.227 e. The van der Waals surface area contributed by atoms with Crippen LogP contribution in [-0.2, 0) is 4.79 Å². The lowest BCUT2D eigenvalue weighted by atomic mass is 9.67. The van der Waals surface area contributed by atoms with Crippen LogP contribution in [0, 0.1) is 17.8 Å². The van der Waals surface area contributed by atoms with E-state index >= 15 is 0 Å². The van der Waals surface area contributed by atoms with Gasteiger partial charge in [0.2, 0.25) is 5.91 Å². The van der Waals surface area contributed by atoms with Crippen LogP contribution in [0.15, 0.2) is 18.5 Å². The van der Waals surface area contributed by atoms with Crippen molar-refractivity contribution in [2.24, 2.45) is 17.8 Å². The van der Waals surface area contributed by atoms with Crippen molar-refractivity contribution in [3.63, 3.8) is 0 Å². The molecule has 0 aromatic carbocycles. The SMILES string of the molecule is Nc1cnccc1NC(=O)C1CCC2CCCCC2C1. The van der Waals surface area contributed by atoms with Crippen molar-refractivity contribution in [1.29, 1.82) is 0 Å². The molecule has 20 heavy (non-hydrogen) atoms. The van der Waals surface area contributed by atoms with Crippen molar-refractivity contribution in [2.75, 3.05) is 11.1 Å². The van der Waals surface area contributed by atoms with Crippen LogP contribution in [0.2, 0.25) is 0 Å². The summed E-state index contributed by atoms with van der Waals surface area (Å²) in [4.78, 5) is 16.3. The Labute approximate surface area is 120 Å². The van der Waals surface area contributed by atoms with Gasteiger partial charge in [0.15, 0.2) is 0 Å². The van der Waals surface area contributed by atoms with Crippen LogP contribution in [0.3, 0.4) is 0 Å². The molecule has 0 saturated heterocycles. The molecule has 0 aliphatic heterocycles. The first-order chi connectivity index (χ1) is 9.74. The number of nitrogens with zero attached hydrogens (tertiary/aromatic N) is 1. The molecule has 3 atom stereocenters. The number of carbonyl (C=O) groups is 1. The number of carbonyl (C=O) groups excluding carboxylic acids is 1. The second-order valence-corrected chi connectivity index (χ2v) is 6.27. The number of rotatable bonds is 2. The van der Waals surface area contributed by atoms with Crippen molar-refractivity contribution in [2.45, 2.75) is 44.9 Å². The van der Waals surface area contributed by atoms with Crippen LogP contribution >= 0.6 is 0 Å². The summed E-state index contributed by atoms with van der Waals surface area (Å²) in [7, 11) is 0. The zero-order valence-corrected chi connectivity index (χ0v) is 11.8. The molecule has 0 radical (unpaired) electrons. The highest BCUT2D eigenvalue weighted by molar-refractivity contribution is 5.95. The van der Waals surface area contributed by atoms with Gasteiger partial charge in [0.1, 0.15) is 0 Å². The zero-order chi connectivity index (χ0) is 13.9. The van der Waals surface area contributed by atoms with E-state index in [4.69, 9.17) is 5.73 Å². The van der Waals surface area contributed by atoms with E-state index < -0.39 is 0 Å². The Morgan fingerprint density at radius 2 is 2.00 bits per heavy atom. The molecule has 1 aromatic rings. The zero-order valence-electron chi connectivity index (χ0n) is 11.8. The van der Waals surface area contributed by atoms with E-state index in [2.05, 4.69) is 10.3 Å². The largest absolute Gasteiger partial charge is 0.396 e. The number of pyridine rings is 1. The number of nitrogen functional groups attached to an aromatic ring is 1. The topological polar surface area (TPSA) is 68.0 Å². The maximum absolute atomic E-state index is 12.4. The maximum atomic E-state index is 12.4. The van der Waals surface area contributed by atoms with Gasteiger partial charge in [-0.2, -0.15) is 0 Å². The molecule has 2 saturated carbocycles. The Balaban J connectivity index is 1.62. The summed E-state index contributed by atoms with van der Waals surface area (Å²) in [6, 6.07) is 1.76. The van der Waals surface area contributed by atoms with E-state index in [1.807, 2.05) is 0 Å². The highest BCUT2D eigenvalue weighted by atomic mass is 16.1. The molecule has 4 nitrogen and oxygen atoms in total. The third-order valence-electron chi connectivity index (χ3n) is 5.02. The summed E-state index contributed by atoms with van der Waals surface area (Å²) in [6.07, 6.45) is 11.9. The first-order valence-electron chi connectivity index (χ1n) is 7.74. The second-order valence-electron chi connectivity index (χ2n) is 6.27. The molecule has 3 rings (SSSR count). The monoisotopic (exact) mass is 273 g/mol. The van der Waals surface area contributed by atoms with E-state index in [0.717, 1.165) is 24.7 Å². The van der Waals surface area contributed by atoms with Crippen molar-refractivity contribution in [1.82, 2.24) is 4.98 Å². The fourth-order valence-corrected chi connectivity index (χ4v) is 3.87. The first kappa shape index (κ1) is 13.4. The lowest BCUT2D eigenvalue weighted by Gasteiger charge is -2.38. The molecule has 2 aliphatic rings. The molecular formula is C16H23N3O. The summed E-state index contributed by atoms with van der Waals surface area (Å²) < 4.78 is 0. The number of fused-ring (bicyclic) bond motifs is 1. The van der Waals surface area contributed by atoms with Gasteiger partial charge in [-0.3, -0.25) is 9.78 Å². The first-order valence-corrected chi connectivity index (χ1v) is 7.74. The van der Waals surface area contributed by atoms with Crippen LogP contribution < -0.4 is 11.1 Å². The van der Waals surface area contributed by atoms with Gasteiger partial charge in [0, 0.05) is 12.1 Å². The molecule has 2 aliphatic carbocycles. The third-order valence-corrected chi connectivity index (χ3v) is 5.02. The molecule has 1 amide bonds. The van der Waals surface area contributed by atoms with E-state index in [1.54, 1.807) is 18.5 Å². The standard InChI is InChI=1S/C16H23N3O/c17-14-10-18-8-7-15(14)19-16(20)13-6-5-11-3-1-2-4-12(11)9-13/h7-8,10-13H,1-6,9,17H2,(H,18,19,20). The van der Waals surface area contributed by atoms with Crippen molar-refractivity contribution >= 4 is 17.3 Å². The van der Waals surface area contributed by atoms with E-state index in [0.29, 0.717) is 11.4 Å². The number of hydrogen-bond acceptors (Lipinski definition) is 3. The predicted molar refractivity (Wildman–Crippen MR) is 80.1 cm³/mol. The second kappa shape index (κ2) is 5.81. The average Bonchev–Trinajstić information content (AvgIpc) is 2.49. The molecule has 1 heterocycles. The Morgan fingerprint density at radius 1 is 1.20 bits per heavy atom. The number of aromatic nitrogens is 1. The summed E-state index contributed by atoms with van der Waals surface area (Å²) in [5.41, 5.74) is 7.05. The molecule has 0 spiro atoms. The van der Waals surface area contributed by atoms with Crippen molar-refractivity contribution < 1.29 is 4.79 Å².